The van der Waals surface area contributed by atoms with Crippen molar-refractivity contribution in [3.63, 3.8) is 0 Å². The molecule has 0 unspecified atom stereocenters. The zero-order valence-electron chi connectivity index (χ0n) is 9.56. The smallest absolute Gasteiger partial charge is 0.131 e. The zero-order valence-corrected chi connectivity index (χ0v) is 9.56. The standard InChI is InChI=1S/C14H11FN2O/c15-14-7-12(17)5-4-11(14)9-18-13-3-1-2-10(6-13)8-16/h1-7H,9,17H2. The van der Waals surface area contributed by atoms with Gasteiger partial charge in [0.1, 0.15) is 18.2 Å². The maximum Gasteiger partial charge on any atom is 0.131 e. The van der Waals surface area contributed by atoms with Crippen LogP contribution in [-0.4, -0.2) is 0 Å². The first kappa shape index (κ1) is 11.9. The number of benzene rings is 2. The molecule has 0 heterocycles. The van der Waals surface area contributed by atoms with Gasteiger partial charge in [0, 0.05) is 11.3 Å². The lowest BCUT2D eigenvalue weighted by atomic mass is 10.2. The molecule has 90 valence electrons. The highest BCUT2D eigenvalue weighted by Crippen LogP contribution is 2.17. The minimum absolute atomic E-state index is 0.0982. The lowest BCUT2D eigenvalue weighted by Crippen LogP contribution is -1.99. The fourth-order valence-electron chi connectivity index (χ4n) is 1.50. The molecule has 2 rings (SSSR count). The summed E-state index contributed by atoms with van der Waals surface area (Å²) >= 11 is 0. The summed E-state index contributed by atoms with van der Waals surface area (Å²) in [6, 6.07) is 13.2. The number of rotatable bonds is 3. The van der Waals surface area contributed by atoms with Crippen LogP contribution in [0.3, 0.4) is 0 Å². The normalized spacial score (nSPS) is 9.78. The summed E-state index contributed by atoms with van der Waals surface area (Å²) in [5.41, 5.74) is 6.76. The van der Waals surface area contributed by atoms with Gasteiger partial charge in [-0.05, 0) is 30.3 Å². The number of halogens is 1. The lowest BCUT2D eigenvalue weighted by Gasteiger charge is -2.07. The summed E-state index contributed by atoms with van der Waals surface area (Å²) < 4.78 is 18.9. The van der Waals surface area contributed by atoms with E-state index < -0.39 is 5.82 Å². The van der Waals surface area contributed by atoms with Crippen LogP contribution >= 0.6 is 0 Å². The number of hydrogen-bond acceptors (Lipinski definition) is 3. The van der Waals surface area contributed by atoms with E-state index in [2.05, 4.69) is 0 Å². The van der Waals surface area contributed by atoms with E-state index in [0.29, 0.717) is 22.6 Å². The van der Waals surface area contributed by atoms with Gasteiger partial charge in [0.25, 0.3) is 0 Å². The number of nitrogen functional groups attached to an aromatic ring is 1. The van der Waals surface area contributed by atoms with E-state index in [9.17, 15) is 4.39 Å². The van der Waals surface area contributed by atoms with Crippen LogP contribution in [0.25, 0.3) is 0 Å². The average Bonchev–Trinajstić information content (AvgIpc) is 2.38. The van der Waals surface area contributed by atoms with Gasteiger partial charge in [0.15, 0.2) is 0 Å². The summed E-state index contributed by atoms with van der Waals surface area (Å²) in [4.78, 5) is 0. The highest BCUT2D eigenvalue weighted by Gasteiger charge is 2.04. The van der Waals surface area contributed by atoms with Crippen molar-refractivity contribution < 1.29 is 9.13 Å². The van der Waals surface area contributed by atoms with Gasteiger partial charge in [-0.1, -0.05) is 12.1 Å². The number of nitrogens with two attached hydrogens (primary N) is 1. The van der Waals surface area contributed by atoms with Crippen LogP contribution < -0.4 is 10.5 Å². The first-order valence-corrected chi connectivity index (χ1v) is 5.36. The molecule has 2 aromatic carbocycles. The molecule has 0 fully saturated rings. The van der Waals surface area contributed by atoms with Crippen molar-refractivity contribution in [2.24, 2.45) is 0 Å². The number of nitriles is 1. The number of nitrogens with zero attached hydrogens (tertiary/aromatic N) is 1. The van der Waals surface area contributed by atoms with E-state index in [4.69, 9.17) is 15.7 Å². The molecule has 0 aliphatic heterocycles. The SMILES string of the molecule is N#Cc1cccc(OCc2ccc(N)cc2F)c1. The molecule has 0 atom stereocenters. The molecular formula is C14H11FN2O. The third-order valence-electron chi connectivity index (χ3n) is 2.43. The van der Waals surface area contributed by atoms with Crippen molar-refractivity contribution in [2.75, 3.05) is 5.73 Å². The molecule has 0 aliphatic carbocycles. The monoisotopic (exact) mass is 242 g/mol. The molecule has 0 saturated heterocycles. The number of anilines is 1. The van der Waals surface area contributed by atoms with Crippen LogP contribution in [0.1, 0.15) is 11.1 Å². The van der Waals surface area contributed by atoms with Crippen LogP contribution in [0.5, 0.6) is 5.75 Å². The van der Waals surface area contributed by atoms with Crippen molar-refractivity contribution >= 4 is 5.69 Å². The predicted octanol–water partition coefficient (Wildman–Crippen LogP) is 2.86. The summed E-state index contributed by atoms with van der Waals surface area (Å²) in [5, 5.41) is 8.74. The van der Waals surface area contributed by atoms with Gasteiger partial charge in [-0.3, -0.25) is 0 Å². The molecule has 2 N–H and O–H groups in total. The van der Waals surface area contributed by atoms with E-state index in [-0.39, 0.29) is 6.61 Å². The molecule has 18 heavy (non-hydrogen) atoms. The second kappa shape index (κ2) is 5.19. The summed E-state index contributed by atoms with van der Waals surface area (Å²) in [6.45, 7) is 0.0982. The third kappa shape index (κ3) is 2.77. The van der Waals surface area contributed by atoms with Crippen molar-refractivity contribution in [2.45, 2.75) is 6.61 Å². The molecule has 0 amide bonds. The van der Waals surface area contributed by atoms with Gasteiger partial charge < -0.3 is 10.5 Å². The minimum atomic E-state index is -0.397. The average molecular weight is 242 g/mol. The van der Waals surface area contributed by atoms with Crippen molar-refractivity contribution in [1.29, 1.82) is 5.26 Å². The molecule has 3 nitrogen and oxygen atoms in total. The molecule has 0 spiro atoms. The fraction of sp³-hybridized carbons (Fsp3) is 0.0714. The van der Waals surface area contributed by atoms with Crippen LogP contribution in [0, 0.1) is 17.1 Å². The van der Waals surface area contributed by atoms with Gasteiger partial charge in [0.2, 0.25) is 0 Å². The lowest BCUT2D eigenvalue weighted by molar-refractivity contribution is 0.300. The second-order valence-corrected chi connectivity index (χ2v) is 3.78. The Morgan fingerprint density at radius 3 is 2.78 bits per heavy atom. The fourth-order valence-corrected chi connectivity index (χ4v) is 1.50. The molecule has 0 saturated carbocycles. The number of ether oxygens (including phenoxy) is 1. The Kier molecular flexibility index (Phi) is 3.44. The Hall–Kier alpha value is -2.54. The van der Waals surface area contributed by atoms with E-state index in [1.165, 1.54) is 6.07 Å². The Balaban J connectivity index is 2.09. The summed E-state index contributed by atoms with van der Waals surface area (Å²) in [6.07, 6.45) is 0. The Morgan fingerprint density at radius 1 is 1.22 bits per heavy atom. The molecule has 4 heteroatoms. The minimum Gasteiger partial charge on any atom is -0.489 e. The van der Waals surface area contributed by atoms with E-state index in [1.807, 2.05) is 6.07 Å². The number of hydrogen-bond donors (Lipinski definition) is 1. The first-order chi connectivity index (χ1) is 8.69. The van der Waals surface area contributed by atoms with Crippen molar-refractivity contribution in [3.8, 4) is 11.8 Å². The van der Waals surface area contributed by atoms with Crippen molar-refractivity contribution in [3.05, 3.63) is 59.4 Å². The molecule has 2 aromatic rings. The Labute approximate surface area is 104 Å². The van der Waals surface area contributed by atoms with Crippen molar-refractivity contribution in [1.82, 2.24) is 0 Å². The van der Waals surface area contributed by atoms with Gasteiger partial charge in [-0.2, -0.15) is 5.26 Å². The van der Waals surface area contributed by atoms with Crippen LogP contribution in [-0.2, 0) is 6.61 Å². The van der Waals surface area contributed by atoms with E-state index in [0.717, 1.165) is 0 Å². The quantitative estimate of drug-likeness (QED) is 0.842. The van der Waals surface area contributed by atoms with Crippen LogP contribution in [0.15, 0.2) is 42.5 Å². The van der Waals surface area contributed by atoms with Crippen LogP contribution in [0.4, 0.5) is 10.1 Å². The first-order valence-electron chi connectivity index (χ1n) is 5.36. The molecule has 0 radical (unpaired) electrons. The largest absolute Gasteiger partial charge is 0.489 e. The molecule has 0 aliphatic rings. The Bertz CT molecular complexity index is 605. The van der Waals surface area contributed by atoms with Crippen LogP contribution in [0.2, 0.25) is 0 Å². The maximum atomic E-state index is 13.5. The van der Waals surface area contributed by atoms with E-state index in [1.54, 1.807) is 36.4 Å². The van der Waals surface area contributed by atoms with Gasteiger partial charge in [0.05, 0.1) is 11.6 Å². The summed E-state index contributed by atoms with van der Waals surface area (Å²) in [5.74, 6) is 0.136. The maximum absolute atomic E-state index is 13.5. The molecule has 0 bridgehead atoms. The third-order valence-corrected chi connectivity index (χ3v) is 2.43. The predicted molar refractivity (Wildman–Crippen MR) is 66.3 cm³/mol. The summed E-state index contributed by atoms with van der Waals surface area (Å²) in [7, 11) is 0. The topological polar surface area (TPSA) is 59.0 Å². The highest BCUT2D eigenvalue weighted by atomic mass is 19.1. The second-order valence-electron chi connectivity index (χ2n) is 3.78. The van der Waals surface area contributed by atoms with Gasteiger partial charge in [-0.25, -0.2) is 4.39 Å². The highest BCUT2D eigenvalue weighted by molar-refractivity contribution is 5.40. The molecule has 0 aromatic heterocycles. The Morgan fingerprint density at radius 2 is 2.06 bits per heavy atom. The van der Waals surface area contributed by atoms with Gasteiger partial charge in [-0.15, -0.1) is 0 Å². The van der Waals surface area contributed by atoms with E-state index >= 15 is 0 Å². The molecular weight excluding hydrogens is 231 g/mol. The van der Waals surface area contributed by atoms with Gasteiger partial charge >= 0.3 is 0 Å². The zero-order chi connectivity index (χ0) is 13.0.